The van der Waals surface area contributed by atoms with Crippen molar-refractivity contribution >= 4 is 18.7 Å². The van der Waals surface area contributed by atoms with Crippen LogP contribution in [0.15, 0.2) is 77.9 Å². The first-order valence-electron chi connectivity index (χ1n) is 15.5. The fraction of sp³-hybridized carbons (Fsp3) is 0.588. The minimum Gasteiger partial charge on any atom is -0.401 e. The lowest BCUT2D eigenvalue weighted by atomic mass is 10.0. The van der Waals surface area contributed by atoms with Gasteiger partial charge in [-0.05, 0) is 33.8 Å². The number of nitrogens with zero attached hydrogens (tertiary/aromatic N) is 3. The first kappa shape index (κ1) is 33.8. The van der Waals surface area contributed by atoms with Crippen molar-refractivity contribution in [3.8, 4) is 0 Å². The summed E-state index contributed by atoms with van der Waals surface area (Å²) in [5, 5.41) is 16.3. The van der Waals surface area contributed by atoms with E-state index in [4.69, 9.17) is 4.43 Å². The third kappa shape index (κ3) is 10.6. The van der Waals surface area contributed by atoms with Crippen molar-refractivity contribution in [1.82, 2.24) is 0 Å². The van der Waals surface area contributed by atoms with E-state index in [1.54, 1.807) is 0 Å². The van der Waals surface area contributed by atoms with Crippen LogP contribution >= 0.6 is 0 Å². The lowest BCUT2D eigenvalue weighted by molar-refractivity contribution is 0.153. The van der Waals surface area contributed by atoms with Crippen molar-refractivity contribution in [3.05, 3.63) is 83.3 Å². The summed E-state index contributed by atoms with van der Waals surface area (Å²) in [7, 11) is -2.87. The molecule has 0 saturated heterocycles. The topological polar surface area (TPSA) is 78.2 Å². The van der Waals surface area contributed by atoms with E-state index in [0.29, 0.717) is 0 Å². The number of unbranched alkanes of at least 4 members (excludes halogenated alkanes) is 11. The highest BCUT2D eigenvalue weighted by molar-refractivity contribution is 6.99. The molecule has 0 aromatic heterocycles. The van der Waals surface area contributed by atoms with Crippen LogP contribution in [-0.4, -0.2) is 32.2 Å². The van der Waals surface area contributed by atoms with Crippen LogP contribution in [0.1, 0.15) is 105 Å². The number of azide groups is 1. The Morgan fingerprint density at radius 2 is 1.30 bits per heavy atom. The Bertz CT molecular complexity index is 961. The van der Waals surface area contributed by atoms with Crippen molar-refractivity contribution in [1.29, 1.82) is 0 Å². The standard InChI is InChI=1S/C34H53N3O2Si/c1-5-6-7-8-9-10-11-12-13-14-15-16-23-28-33(32(29-38)36-37-35)39-40(34(2,3)4,30-24-19-17-20-25-30)31-26-21-18-22-27-31/h17-28,32-33,38H,5-16,29H2,1-4H3/b28-23-/t32-,33-/m1/s1. The highest BCUT2D eigenvalue weighted by atomic mass is 28.4. The molecule has 2 aromatic carbocycles. The molecule has 5 nitrogen and oxygen atoms in total. The van der Waals surface area contributed by atoms with E-state index in [0.717, 1.165) is 23.2 Å². The van der Waals surface area contributed by atoms with E-state index >= 15 is 0 Å². The van der Waals surface area contributed by atoms with Gasteiger partial charge in [-0.1, -0.05) is 170 Å². The van der Waals surface area contributed by atoms with Crippen molar-refractivity contribution in [2.75, 3.05) is 6.61 Å². The number of aliphatic hydroxyl groups is 1. The van der Waals surface area contributed by atoms with Crippen LogP contribution in [0, 0.1) is 0 Å². The molecule has 0 radical (unpaired) electrons. The first-order valence-corrected chi connectivity index (χ1v) is 17.4. The predicted molar refractivity (Wildman–Crippen MR) is 173 cm³/mol. The summed E-state index contributed by atoms with van der Waals surface area (Å²) in [5.74, 6) is 0. The average Bonchev–Trinajstić information content (AvgIpc) is 2.96. The molecule has 0 aliphatic carbocycles. The van der Waals surface area contributed by atoms with Crippen LogP contribution in [0.5, 0.6) is 0 Å². The third-order valence-corrected chi connectivity index (χ3v) is 12.8. The van der Waals surface area contributed by atoms with E-state index in [1.807, 2.05) is 18.2 Å². The quantitative estimate of drug-likeness (QED) is 0.0436. The number of hydrogen-bond acceptors (Lipinski definition) is 3. The Kier molecular flexibility index (Phi) is 16.0. The summed E-state index contributed by atoms with van der Waals surface area (Å²) in [6.07, 6.45) is 19.1. The maximum absolute atomic E-state index is 10.2. The van der Waals surface area contributed by atoms with Crippen LogP contribution in [0.3, 0.4) is 0 Å². The van der Waals surface area contributed by atoms with Crippen molar-refractivity contribution in [2.45, 2.75) is 122 Å². The summed E-state index contributed by atoms with van der Waals surface area (Å²) in [4.78, 5) is 3.05. The van der Waals surface area contributed by atoms with Crippen LogP contribution in [0.25, 0.3) is 10.4 Å². The number of benzene rings is 2. The summed E-state index contributed by atoms with van der Waals surface area (Å²) in [6.45, 7) is 8.69. The lowest BCUT2D eigenvalue weighted by Gasteiger charge is -2.45. The molecule has 2 atom stereocenters. The second-order valence-electron chi connectivity index (χ2n) is 12.0. The zero-order valence-electron chi connectivity index (χ0n) is 25.5. The van der Waals surface area contributed by atoms with Gasteiger partial charge in [0.1, 0.15) is 0 Å². The normalized spacial score (nSPS) is 13.7. The third-order valence-electron chi connectivity index (χ3n) is 7.80. The number of rotatable bonds is 20. The van der Waals surface area contributed by atoms with Gasteiger partial charge in [0.15, 0.2) is 0 Å². The number of allylic oxidation sites excluding steroid dienone is 1. The fourth-order valence-corrected chi connectivity index (χ4v) is 10.2. The molecule has 0 bridgehead atoms. The van der Waals surface area contributed by atoms with Gasteiger partial charge in [0.2, 0.25) is 0 Å². The maximum Gasteiger partial charge on any atom is 0.261 e. The molecule has 2 rings (SSSR count). The van der Waals surface area contributed by atoms with Crippen LogP contribution in [-0.2, 0) is 4.43 Å². The molecule has 0 amide bonds. The van der Waals surface area contributed by atoms with E-state index in [9.17, 15) is 10.6 Å². The van der Waals surface area contributed by atoms with Gasteiger partial charge >= 0.3 is 0 Å². The summed E-state index contributed by atoms with van der Waals surface area (Å²) in [6, 6.07) is 20.2. The highest BCUT2D eigenvalue weighted by Crippen LogP contribution is 2.38. The fourth-order valence-electron chi connectivity index (χ4n) is 5.57. The van der Waals surface area contributed by atoms with Gasteiger partial charge in [0.05, 0.1) is 18.8 Å². The number of hydrogen-bond donors (Lipinski definition) is 1. The zero-order valence-corrected chi connectivity index (χ0v) is 26.5. The summed E-state index contributed by atoms with van der Waals surface area (Å²) in [5.41, 5.74) is 9.27. The minimum absolute atomic E-state index is 0.214. The molecule has 0 aliphatic rings. The van der Waals surface area contributed by atoms with E-state index in [2.05, 4.69) is 92.3 Å². The zero-order chi connectivity index (χ0) is 29.1. The smallest absolute Gasteiger partial charge is 0.261 e. The molecular formula is C34H53N3O2Si. The minimum atomic E-state index is -2.87. The van der Waals surface area contributed by atoms with Gasteiger partial charge in [0.25, 0.3) is 8.32 Å². The Morgan fingerprint density at radius 1 is 0.825 bits per heavy atom. The molecule has 1 N–H and O–H groups in total. The Morgan fingerprint density at radius 3 is 1.73 bits per heavy atom. The van der Waals surface area contributed by atoms with E-state index in [1.165, 1.54) is 64.2 Å². The molecule has 220 valence electrons. The average molecular weight is 564 g/mol. The predicted octanol–water partition coefficient (Wildman–Crippen LogP) is 8.86. The van der Waals surface area contributed by atoms with Gasteiger partial charge in [-0.15, -0.1) is 0 Å². The molecule has 0 aliphatic heterocycles. The van der Waals surface area contributed by atoms with Crippen molar-refractivity contribution in [3.63, 3.8) is 0 Å². The molecule has 0 heterocycles. The van der Waals surface area contributed by atoms with Crippen molar-refractivity contribution in [2.24, 2.45) is 5.11 Å². The first-order chi connectivity index (χ1) is 19.4. The molecular weight excluding hydrogens is 510 g/mol. The maximum atomic E-state index is 10.2. The van der Waals surface area contributed by atoms with Crippen LogP contribution in [0.2, 0.25) is 5.04 Å². The molecule has 0 spiro atoms. The van der Waals surface area contributed by atoms with Gasteiger partial charge in [-0.2, -0.15) is 0 Å². The van der Waals surface area contributed by atoms with Gasteiger partial charge in [-0.3, -0.25) is 0 Å². The molecule has 40 heavy (non-hydrogen) atoms. The van der Waals surface area contributed by atoms with Gasteiger partial charge < -0.3 is 9.53 Å². The summed E-state index contributed by atoms with van der Waals surface area (Å²) < 4.78 is 7.21. The molecule has 6 heteroatoms. The van der Waals surface area contributed by atoms with E-state index < -0.39 is 20.5 Å². The van der Waals surface area contributed by atoms with Crippen LogP contribution in [0.4, 0.5) is 0 Å². The van der Waals surface area contributed by atoms with E-state index in [-0.39, 0.29) is 11.6 Å². The Balaban J connectivity index is 2.13. The molecule has 2 aromatic rings. The molecule has 0 fully saturated rings. The second-order valence-corrected chi connectivity index (χ2v) is 16.2. The number of aliphatic hydroxyl groups excluding tert-OH is 1. The van der Waals surface area contributed by atoms with Crippen molar-refractivity contribution < 1.29 is 9.53 Å². The molecule has 0 unspecified atom stereocenters. The van der Waals surface area contributed by atoms with Crippen LogP contribution < -0.4 is 10.4 Å². The van der Waals surface area contributed by atoms with Gasteiger partial charge in [0, 0.05) is 4.91 Å². The Hall–Kier alpha value is -2.37. The lowest BCUT2D eigenvalue weighted by Crippen LogP contribution is -2.68. The SMILES string of the molecule is CCCCCCCCCCCCC/C=C\[C@@H](O[Si](c1ccccc1)(c1ccccc1)C(C)(C)C)[C@@H](CO)N=[N+]=[N-]. The molecule has 0 saturated carbocycles. The second kappa shape index (κ2) is 18.9. The summed E-state index contributed by atoms with van der Waals surface area (Å²) >= 11 is 0. The van der Waals surface area contributed by atoms with Gasteiger partial charge in [-0.25, -0.2) is 0 Å². The Labute approximate surface area is 244 Å². The monoisotopic (exact) mass is 563 g/mol. The highest BCUT2D eigenvalue weighted by Gasteiger charge is 2.51. The largest absolute Gasteiger partial charge is 0.401 e.